The van der Waals surface area contributed by atoms with Gasteiger partial charge in [-0.1, -0.05) is 30.3 Å². The van der Waals surface area contributed by atoms with Gasteiger partial charge in [-0.05, 0) is 12.0 Å². The number of primary amides is 1. The summed E-state index contributed by atoms with van der Waals surface area (Å²) in [4.78, 5) is 34.0. The molecule has 0 radical (unpaired) electrons. The van der Waals surface area contributed by atoms with Gasteiger partial charge < -0.3 is 21.5 Å². The summed E-state index contributed by atoms with van der Waals surface area (Å²) in [5.41, 5.74) is 6.36. The number of hydrogen-bond donors (Lipinski definition) is 4. The van der Waals surface area contributed by atoms with E-state index in [2.05, 4.69) is 10.6 Å². The molecule has 0 unspecified atom stereocenters. The van der Waals surface area contributed by atoms with Crippen molar-refractivity contribution in [2.75, 3.05) is 0 Å². The molecule has 0 aliphatic carbocycles. The molecular formula is C15H19N3O4. The maximum absolute atomic E-state index is 11.6. The molecule has 118 valence electrons. The van der Waals surface area contributed by atoms with Crippen LogP contribution in [-0.2, 0) is 20.8 Å². The Hall–Kier alpha value is -2.41. The van der Waals surface area contributed by atoms with E-state index in [-0.39, 0.29) is 18.7 Å². The Kier molecular flexibility index (Phi) is 5.11. The van der Waals surface area contributed by atoms with E-state index in [1.165, 1.54) is 0 Å². The van der Waals surface area contributed by atoms with E-state index < -0.39 is 30.0 Å². The van der Waals surface area contributed by atoms with E-state index in [1.807, 2.05) is 30.3 Å². The van der Waals surface area contributed by atoms with E-state index in [0.29, 0.717) is 6.42 Å². The molecule has 1 heterocycles. The van der Waals surface area contributed by atoms with Gasteiger partial charge in [0, 0.05) is 12.5 Å². The van der Waals surface area contributed by atoms with Crippen LogP contribution in [0.1, 0.15) is 18.4 Å². The predicted octanol–water partition coefficient (Wildman–Crippen LogP) is -0.596. The third-order valence-corrected chi connectivity index (χ3v) is 3.67. The van der Waals surface area contributed by atoms with Crippen molar-refractivity contribution in [3.63, 3.8) is 0 Å². The first-order valence-corrected chi connectivity index (χ1v) is 7.06. The molecule has 1 saturated heterocycles. The van der Waals surface area contributed by atoms with E-state index >= 15 is 0 Å². The first kappa shape index (κ1) is 16.0. The number of carboxylic acids is 1. The smallest absolute Gasteiger partial charge is 0.305 e. The standard InChI is InChI=1S/C15H19N3O4/c16-15(22)12(6-9-4-2-1-3-5-9)17-10-7-13(19)18-11(10)8-14(20)21/h1-5,10-12,17H,6-8H2,(H2,16,22)(H,18,19)(H,20,21)/t10-,11+,12-/m0/s1. The molecule has 7 heteroatoms. The second-order valence-electron chi connectivity index (χ2n) is 5.39. The van der Waals surface area contributed by atoms with E-state index in [1.54, 1.807) is 0 Å². The van der Waals surface area contributed by atoms with Crippen LogP contribution in [0.15, 0.2) is 30.3 Å². The monoisotopic (exact) mass is 305 g/mol. The molecule has 22 heavy (non-hydrogen) atoms. The lowest BCUT2D eigenvalue weighted by molar-refractivity contribution is -0.137. The minimum Gasteiger partial charge on any atom is -0.481 e. The average Bonchev–Trinajstić information content (AvgIpc) is 2.78. The fraction of sp³-hybridized carbons (Fsp3) is 0.400. The Morgan fingerprint density at radius 2 is 2.05 bits per heavy atom. The summed E-state index contributed by atoms with van der Waals surface area (Å²) in [6.45, 7) is 0. The largest absolute Gasteiger partial charge is 0.481 e. The number of carboxylic acid groups (broad SMARTS) is 1. The average molecular weight is 305 g/mol. The van der Waals surface area contributed by atoms with Crippen molar-refractivity contribution in [2.45, 2.75) is 37.4 Å². The lowest BCUT2D eigenvalue weighted by atomic mass is 10.0. The number of aliphatic carboxylic acids is 1. The Bertz CT molecular complexity index is 561. The van der Waals surface area contributed by atoms with Gasteiger partial charge in [-0.3, -0.25) is 14.4 Å². The predicted molar refractivity (Wildman–Crippen MR) is 78.9 cm³/mol. The zero-order valence-corrected chi connectivity index (χ0v) is 12.0. The van der Waals surface area contributed by atoms with Crippen LogP contribution in [0, 0.1) is 0 Å². The van der Waals surface area contributed by atoms with Gasteiger partial charge in [-0.25, -0.2) is 0 Å². The zero-order chi connectivity index (χ0) is 16.1. The van der Waals surface area contributed by atoms with Gasteiger partial charge in [0.1, 0.15) is 0 Å². The van der Waals surface area contributed by atoms with Crippen molar-refractivity contribution in [3.8, 4) is 0 Å². The highest BCUT2D eigenvalue weighted by Crippen LogP contribution is 2.14. The van der Waals surface area contributed by atoms with E-state index in [4.69, 9.17) is 10.8 Å². The molecule has 1 aromatic carbocycles. The van der Waals surface area contributed by atoms with Gasteiger partial charge in [0.2, 0.25) is 11.8 Å². The Labute approximate surface area is 127 Å². The summed E-state index contributed by atoms with van der Waals surface area (Å²) < 4.78 is 0. The first-order chi connectivity index (χ1) is 10.5. The highest BCUT2D eigenvalue weighted by atomic mass is 16.4. The molecule has 1 fully saturated rings. The number of hydrogen-bond acceptors (Lipinski definition) is 4. The van der Waals surface area contributed by atoms with Crippen molar-refractivity contribution in [1.29, 1.82) is 0 Å². The lowest BCUT2D eigenvalue weighted by Crippen LogP contribution is -2.52. The molecule has 1 aromatic rings. The van der Waals surface area contributed by atoms with Crippen molar-refractivity contribution in [1.82, 2.24) is 10.6 Å². The van der Waals surface area contributed by atoms with Crippen molar-refractivity contribution in [2.24, 2.45) is 5.73 Å². The van der Waals surface area contributed by atoms with E-state index in [9.17, 15) is 14.4 Å². The summed E-state index contributed by atoms with van der Waals surface area (Å²) in [6, 6.07) is 7.74. The Balaban J connectivity index is 2.05. The van der Waals surface area contributed by atoms with Crippen LogP contribution in [-0.4, -0.2) is 41.0 Å². The quantitative estimate of drug-likeness (QED) is 0.536. The molecule has 0 spiro atoms. The maximum atomic E-state index is 11.6. The molecule has 0 aromatic heterocycles. The summed E-state index contributed by atoms with van der Waals surface area (Å²) in [5.74, 6) is -1.76. The number of amides is 2. The van der Waals surface area contributed by atoms with Crippen LogP contribution in [0.5, 0.6) is 0 Å². The molecule has 1 aliphatic heterocycles. The summed E-state index contributed by atoms with van der Waals surface area (Å²) in [7, 11) is 0. The third kappa shape index (κ3) is 4.29. The van der Waals surface area contributed by atoms with Crippen molar-refractivity contribution >= 4 is 17.8 Å². The van der Waals surface area contributed by atoms with Crippen LogP contribution >= 0.6 is 0 Å². The molecule has 5 N–H and O–H groups in total. The van der Waals surface area contributed by atoms with Crippen LogP contribution in [0.3, 0.4) is 0 Å². The number of nitrogens with one attached hydrogen (secondary N) is 2. The highest BCUT2D eigenvalue weighted by molar-refractivity contribution is 5.83. The molecule has 0 saturated carbocycles. The van der Waals surface area contributed by atoms with Gasteiger partial charge in [0.15, 0.2) is 0 Å². The Morgan fingerprint density at radius 1 is 1.36 bits per heavy atom. The second-order valence-corrected chi connectivity index (χ2v) is 5.39. The Morgan fingerprint density at radius 3 is 2.64 bits per heavy atom. The third-order valence-electron chi connectivity index (χ3n) is 3.67. The lowest BCUT2D eigenvalue weighted by Gasteiger charge is -2.24. The molecule has 1 aliphatic rings. The van der Waals surface area contributed by atoms with Crippen LogP contribution in [0.2, 0.25) is 0 Å². The molecule has 7 nitrogen and oxygen atoms in total. The van der Waals surface area contributed by atoms with Gasteiger partial charge in [-0.2, -0.15) is 0 Å². The van der Waals surface area contributed by atoms with Crippen LogP contribution in [0.25, 0.3) is 0 Å². The number of nitrogens with two attached hydrogens (primary N) is 1. The van der Waals surface area contributed by atoms with Gasteiger partial charge >= 0.3 is 5.97 Å². The van der Waals surface area contributed by atoms with Crippen LogP contribution in [0.4, 0.5) is 0 Å². The van der Waals surface area contributed by atoms with Gasteiger partial charge in [0.05, 0.1) is 18.5 Å². The number of carbonyl (C=O) groups is 3. The van der Waals surface area contributed by atoms with Gasteiger partial charge in [-0.15, -0.1) is 0 Å². The molecule has 2 amide bonds. The van der Waals surface area contributed by atoms with Crippen molar-refractivity contribution < 1.29 is 19.5 Å². The molecular weight excluding hydrogens is 286 g/mol. The maximum Gasteiger partial charge on any atom is 0.305 e. The summed E-state index contributed by atoms with van der Waals surface area (Å²) in [6.07, 6.45) is 0.331. The first-order valence-electron chi connectivity index (χ1n) is 7.06. The van der Waals surface area contributed by atoms with Crippen LogP contribution < -0.4 is 16.4 Å². The minimum atomic E-state index is -1.00. The number of carbonyl (C=O) groups excluding carboxylic acids is 2. The van der Waals surface area contributed by atoms with Crippen molar-refractivity contribution in [3.05, 3.63) is 35.9 Å². The van der Waals surface area contributed by atoms with Gasteiger partial charge in [0.25, 0.3) is 0 Å². The summed E-state index contributed by atoms with van der Waals surface area (Å²) in [5, 5.41) is 14.5. The highest BCUT2D eigenvalue weighted by Gasteiger charge is 2.35. The number of rotatable bonds is 7. The molecule has 0 bridgehead atoms. The minimum absolute atomic E-state index is 0.135. The fourth-order valence-corrected chi connectivity index (χ4v) is 2.61. The fourth-order valence-electron chi connectivity index (χ4n) is 2.61. The molecule has 3 atom stereocenters. The molecule has 2 rings (SSSR count). The number of benzene rings is 1. The van der Waals surface area contributed by atoms with E-state index in [0.717, 1.165) is 5.56 Å². The second kappa shape index (κ2) is 7.04. The topological polar surface area (TPSA) is 122 Å². The zero-order valence-electron chi connectivity index (χ0n) is 12.0. The SMILES string of the molecule is NC(=O)[C@H](Cc1ccccc1)N[C@H]1CC(=O)N[C@@H]1CC(=O)O. The summed E-state index contributed by atoms with van der Waals surface area (Å²) >= 11 is 0. The normalized spacial score (nSPS) is 22.1.